The molecule has 0 radical (unpaired) electrons. The molecule has 0 aromatic heterocycles. The van der Waals surface area contributed by atoms with Crippen LogP contribution in [0, 0.1) is 5.92 Å². The highest BCUT2D eigenvalue weighted by Crippen LogP contribution is 2.07. The van der Waals surface area contributed by atoms with E-state index < -0.39 is 5.92 Å². The first-order chi connectivity index (χ1) is 5.79. The van der Waals surface area contributed by atoms with Gasteiger partial charge in [0.05, 0.1) is 12.3 Å². The fourth-order valence-corrected chi connectivity index (χ4v) is 1.15. The number of nitrogens with one attached hydrogen (secondary N) is 1. The Morgan fingerprint density at radius 2 is 2.67 bits per heavy atom. The summed E-state index contributed by atoms with van der Waals surface area (Å²) in [5.74, 6) is -0.731. The Hall–Kier alpha value is -1.10. The number of carbonyl (C=O) groups is 1. The van der Waals surface area contributed by atoms with E-state index in [0.29, 0.717) is 25.4 Å². The largest absolute Gasteiger partial charge is 0.465 e. The van der Waals surface area contributed by atoms with Crippen molar-refractivity contribution in [2.24, 2.45) is 11.1 Å². The molecule has 1 saturated heterocycles. The van der Waals surface area contributed by atoms with Crippen molar-refractivity contribution in [1.29, 1.82) is 0 Å². The number of hydrogen-bond donors (Lipinski definition) is 2. The van der Waals surface area contributed by atoms with Gasteiger partial charge in [0.15, 0.2) is 0 Å². The van der Waals surface area contributed by atoms with Crippen molar-refractivity contribution in [3.63, 3.8) is 0 Å². The summed E-state index contributed by atoms with van der Waals surface area (Å²) in [6, 6.07) is 0. The lowest BCUT2D eigenvalue weighted by Crippen LogP contribution is -2.25. The Bertz CT molecular complexity index is 203. The molecule has 12 heavy (non-hydrogen) atoms. The molecule has 1 atom stereocenters. The van der Waals surface area contributed by atoms with Crippen LogP contribution in [0.5, 0.6) is 0 Å². The highest BCUT2D eigenvalue weighted by Gasteiger charge is 2.30. The molecule has 1 heterocycles. The molecule has 1 rings (SSSR count). The van der Waals surface area contributed by atoms with E-state index >= 15 is 0 Å². The third kappa shape index (κ3) is 1.73. The molecule has 5 nitrogen and oxygen atoms in total. The molecule has 1 unspecified atom stereocenters. The van der Waals surface area contributed by atoms with Crippen molar-refractivity contribution in [2.75, 3.05) is 19.7 Å². The van der Waals surface area contributed by atoms with Gasteiger partial charge in [-0.25, -0.2) is 0 Å². The Balaban J connectivity index is 2.56. The van der Waals surface area contributed by atoms with Crippen LogP contribution in [0.2, 0.25) is 0 Å². The second kappa shape index (κ2) is 4.06. The molecule has 0 amide bonds. The summed E-state index contributed by atoms with van der Waals surface area (Å²) in [6.45, 7) is 3.06. The van der Waals surface area contributed by atoms with Crippen molar-refractivity contribution in [2.45, 2.75) is 6.92 Å². The van der Waals surface area contributed by atoms with Gasteiger partial charge < -0.3 is 15.3 Å². The van der Waals surface area contributed by atoms with Crippen LogP contribution in [-0.4, -0.2) is 36.6 Å². The Morgan fingerprint density at radius 1 is 1.92 bits per heavy atom. The van der Waals surface area contributed by atoms with E-state index in [2.05, 4.69) is 10.5 Å². The standard InChI is InChI=1S/C7H12N2O3/c1-2-12-7(10)5-3-8-4-6(5)9-11/h5,8,11H,2-4H2,1H3/b9-6+. The monoisotopic (exact) mass is 172 g/mol. The summed E-state index contributed by atoms with van der Waals surface area (Å²) >= 11 is 0. The average Bonchev–Trinajstić information content (AvgIpc) is 2.51. The molecule has 1 fully saturated rings. The zero-order valence-corrected chi connectivity index (χ0v) is 6.91. The first kappa shape index (κ1) is 8.99. The fraction of sp³-hybridized carbons (Fsp3) is 0.714. The highest BCUT2D eigenvalue weighted by atomic mass is 16.5. The quantitative estimate of drug-likeness (QED) is 0.338. The third-order valence-corrected chi connectivity index (χ3v) is 1.76. The summed E-state index contributed by atoms with van der Waals surface area (Å²) in [6.07, 6.45) is 0. The second-order valence-electron chi connectivity index (χ2n) is 2.53. The Morgan fingerprint density at radius 3 is 3.25 bits per heavy atom. The number of hydrogen-bond acceptors (Lipinski definition) is 5. The van der Waals surface area contributed by atoms with Gasteiger partial charge in [0.2, 0.25) is 0 Å². The molecule has 1 aliphatic rings. The molecular formula is C7H12N2O3. The van der Waals surface area contributed by atoms with Gasteiger partial charge in [0.1, 0.15) is 5.92 Å². The molecule has 1 aliphatic heterocycles. The highest BCUT2D eigenvalue weighted by molar-refractivity contribution is 6.04. The van der Waals surface area contributed by atoms with Crippen LogP contribution >= 0.6 is 0 Å². The van der Waals surface area contributed by atoms with E-state index in [1.807, 2.05) is 0 Å². The summed E-state index contributed by atoms with van der Waals surface area (Å²) in [5, 5.41) is 14.4. The third-order valence-electron chi connectivity index (χ3n) is 1.76. The molecule has 0 aromatic carbocycles. The molecule has 0 bridgehead atoms. The van der Waals surface area contributed by atoms with Gasteiger partial charge in [0.25, 0.3) is 0 Å². The normalized spacial score (nSPS) is 26.1. The van der Waals surface area contributed by atoms with Crippen LogP contribution in [-0.2, 0) is 9.53 Å². The van der Waals surface area contributed by atoms with Gasteiger partial charge in [-0.2, -0.15) is 0 Å². The van der Waals surface area contributed by atoms with Crippen molar-refractivity contribution in [3.05, 3.63) is 0 Å². The lowest BCUT2D eigenvalue weighted by Gasteiger charge is -2.06. The first-order valence-corrected chi connectivity index (χ1v) is 3.87. The molecule has 0 saturated carbocycles. The van der Waals surface area contributed by atoms with E-state index in [9.17, 15) is 4.79 Å². The second-order valence-corrected chi connectivity index (χ2v) is 2.53. The predicted octanol–water partition coefficient (Wildman–Crippen LogP) is -0.401. The summed E-state index contributed by atoms with van der Waals surface area (Å²) in [7, 11) is 0. The van der Waals surface area contributed by atoms with Crippen LogP contribution < -0.4 is 5.32 Å². The van der Waals surface area contributed by atoms with Crippen LogP contribution in [0.3, 0.4) is 0 Å². The van der Waals surface area contributed by atoms with Gasteiger partial charge in [0, 0.05) is 13.1 Å². The summed E-state index contributed by atoms with van der Waals surface area (Å²) in [4.78, 5) is 11.2. The number of oxime groups is 1. The molecular weight excluding hydrogens is 160 g/mol. The van der Waals surface area contributed by atoms with Gasteiger partial charge in [-0.1, -0.05) is 5.16 Å². The van der Waals surface area contributed by atoms with Crippen LogP contribution in [0.1, 0.15) is 6.92 Å². The van der Waals surface area contributed by atoms with Crippen LogP contribution in [0.15, 0.2) is 5.16 Å². The van der Waals surface area contributed by atoms with E-state index in [1.165, 1.54) is 0 Å². The Labute approximate surface area is 70.4 Å². The predicted molar refractivity (Wildman–Crippen MR) is 42.2 cm³/mol. The van der Waals surface area contributed by atoms with Crippen LogP contribution in [0.25, 0.3) is 0 Å². The van der Waals surface area contributed by atoms with Crippen molar-refractivity contribution < 1.29 is 14.7 Å². The molecule has 0 aromatic rings. The van der Waals surface area contributed by atoms with Gasteiger partial charge in [-0.05, 0) is 6.92 Å². The van der Waals surface area contributed by atoms with E-state index in [0.717, 1.165) is 0 Å². The maximum atomic E-state index is 11.2. The number of rotatable bonds is 2. The average molecular weight is 172 g/mol. The minimum Gasteiger partial charge on any atom is -0.465 e. The number of esters is 1. The van der Waals surface area contributed by atoms with Crippen molar-refractivity contribution in [1.82, 2.24) is 5.32 Å². The number of carbonyl (C=O) groups excluding carboxylic acids is 1. The van der Waals surface area contributed by atoms with E-state index in [4.69, 9.17) is 9.94 Å². The smallest absolute Gasteiger partial charge is 0.316 e. The zero-order chi connectivity index (χ0) is 8.97. The topological polar surface area (TPSA) is 70.9 Å². The van der Waals surface area contributed by atoms with Gasteiger partial charge >= 0.3 is 5.97 Å². The number of ether oxygens (including phenoxy) is 1. The van der Waals surface area contributed by atoms with Crippen LogP contribution in [0.4, 0.5) is 0 Å². The lowest BCUT2D eigenvalue weighted by atomic mass is 10.1. The molecule has 68 valence electrons. The lowest BCUT2D eigenvalue weighted by molar-refractivity contribution is -0.145. The fourth-order valence-electron chi connectivity index (χ4n) is 1.15. The maximum absolute atomic E-state index is 11.2. The van der Waals surface area contributed by atoms with Crippen molar-refractivity contribution in [3.8, 4) is 0 Å². The Kier molecular flexibility index (Phi) is 3.04. The molecule has 2 N–H and O–H groups in total. The summed E-state index contributed by atoms with van der Waals surface area (Å²) in [5.41, 5.74) is 0.452. The minimum atomic E-state index is -0.407. The molecule has 0 aliphatic carbocycles. The maximum Gasteiger partial charge on any atom is 0.316 e. The summed E-state index contributed by atoms with van der Waals surface area (Å²) < 4.78 is 4.79. The minimum absolute atomic E-state index is 0.324. The molecule has 5 heteroatoms. The van der Waals surface area contributed by atoms with Crippen molar-refractivity contribution >= 4 is 11.7 Å². The first-order valence-electron chi connectivity index (χ1n) is 3.87. The number of nitrogens with zero attached hydrogens (tertiary/aromatic N) is 1. The van der Waals surface area contributed by atoms with E-state index in [1.54, 1.807) is 6.92 Å². The van der Waals surface area contributed by atoms with Gasteiger partial charge in [-0.3, -0.25) is 4.79 Å². The zero-order valence-electron chi connectivity index (χ0n) is 6.91. The SMILES string of the molecule is CCOC(=O)C1CNC/C1=N\O. The van der Waals surface area contributed by atoms with Gasteiger partial charge in [-0.15, -0.1) is 0 Å². The molecule has 0 spiro atoms. The van der Waals surface area contributed by atoms with E-state index in [-0.39, 0.29) is 5.97 Å².